The van der Waals surface area contributed by atoms with E-state index in [9.17, 15) is 14.7 Å². The first-order valence-corrected chi connectivity index (χ1v) is 7.84. The number of nitrogens with zero attached hydrogens (tertiary/aromatic N) is 1. The molecule has 5 heteroatoms. The van der Waals surface area contributed by atoms with Gasteiger partial charge in [-0.2, -0.15) is 0 Å². The minimum absolute atomic E-state index is 0.0779. The fourth-order valence-corrected chi connectivity index (χ4v) is 2.65. The van der Waals surface area contributed by atoms with Crippen LogP contribution in [0.1, 0.15) is 40.1 Å². The number of carbonyl (C=O) groups excluding carboxylic acids is 2. The molecule has 0 heterocycles. The van der Waals surface area contributed by atoms with E-state index in [2.05, 4.69) is 0 Å². The van der Waals surface area contributed by atoms with Crippen molar-refractivity contribution in [3.63, 3.8) is 0 Å². The van der Waals surface area contributed by atoms with Gasteiger partial charge in [-0.3, -0.25) is 4.79 Å². The monoisotopic (exact) mass is 327 g/mol. The summed E-state index contributed by atoms with van der Waals surface area (Å²) in [6.07, 6.45) is 0. The van der Waals surface area contributed by atoms with Crippen molar-refractivity contribution in [2.45, 2.75) is 13.8 Å². The molecule has 0 aliphatic heterocycles. The second-order valence-corrected chi connectivity index (χ2v) is 5.21. The van der Waals surface area contributed by atoms with Gasteiger partial charge in [-0.05, 0) is 32.0 Å². The number of rotatable bonds is 6. The van der Waals surface area contributed by atoms with Crippen LogP contribution in [-0.2, 0) is 4.74 Å². The summed E-state index contributed by atoms with van der Waals surface area (Å²) < 4.78 is 4.73. The first-order valence-electron chi connectivity index (χ1n) is 7.84. The van der Waals surface area contributed by atoms with Crippen LogP contribution in [0.15, 0.2) is 42.5 Å². The number of hydrogen-bond donors (Lipinski definition) is 1. The number of esters is 1. The molecule has 2 rings (SSSR count). The number of methoxy groups -OCH3 is 1. The SMILES string of the molecule is CCN(CC)c1cccc(C(=O)c2ccccc2C(=O)OC)c1O. The van der Waals surface area contributed by atoms with Crippen LogP contribution in [0.2, 0.25) is 0 Å². The summed E-state index contributed by atoms with van der Waals surface area (Å²) in [5.74, 6) is -1.08. The molecule has 0 spiro atoms. The molecule has 0 aliphatic rings. The molecule has 0 saturated carbocycles. The van der Waals surface area contributed by atoms with Crippen molar-refractivity contribution in [1.29, 1.82) is 0 Å². The molecule has 5 nitrogen and oxygen atoms in total. The predicted octanol–water partition coefficient (Wildman–Crippen LogP) is 3.26. The number of anilines is 1. The summed E-state index contributed by atoms with van der Waals surface area (Å²) in [5, 5.41) is 10.6. The smallest absolute Gasteiger partial charge is 0.338 e. The molecule has 0 fully saturated rings. The maximum absolute atomic E-state index is 12.9. The Morgan fingerprint density at radius 3 is 2.12 bits per heavy atom. The molecule has 2 aromatic carbocycles. The first-order chi connectivity index (χ1) is 11.5. The third-order valence-corrected chi connectivity index (χ3v) is 3.94. The van der Waals surface area contributed by atoms with E-state index < -0.39 is 11.8 Å². The lowest BCUT2D eigenvalue weighted by Gasteiger charge is -2.23. The van der Waals surface area contributed by atoms with Gasteiger partial charge < -0.3 is 14.7 Å². The Kier molecular flexibility index (Phi) is 5.58. The Bertz CT molecular complexity index is 751. The van der Waals surface area contributed by atoms with Crippen LogP contribution < -0.4 is 4.90 Å². The van der Waals surface area contributed by atoms with Gasteiger partial charge in [0, 0.05) is 18.7 Å². The van der Waals surface area contributed by atoms with Gasteiger partial charge in [0.2, 0.25) is 0 Å². The lowest BCUT2D eigenvalue weighted by molar-refractivity contribution is 0.0597. The number of para-hydroxylation sites is 1. The van der Waals surface area contributed by atoms with Gasteiger partial charge in [-0.15, -0.1) is 0 Å². The van der Waals surface area contributed by atoms with E-state index in [1.807, 2.05) is 18.7 Å². The maximum Gasteiger partial charge on any atom is 0.338 e. The normalized spacial score (nSPS) is 10.3. The summed E-state index contributed by atoms with van der Waals surface area (Å²) in [4.78, 5) is 26.7. The average molecular weight is 327 g/mol. The molecule has 0 atom stereocenters. The zero-order valence-electron chi connectivity index (χ0n) is 14.1. The summed E-state index contributed by atoms with van der Waals surface area (Å²) in [6, 6.07) is 11.5. The van der Waals surface area contributed by atoms with Gasteiger partial charge in [0.1, 0.15) is 5.75 Å². The lowest BCUT2D eigenvalue weighted by atomic mass is 9.97. The molecular weight excluding hydrogens is 306 g/mol. The molecule has 0 aromatic heterocycles. The summed E-state index contributed by atoms with van der Waals surface area (Å²) in [5.41, 5.74) is 1.14. The standard InChI is InChI=1S/C19H21NO4/c1-4-20(5-2)16-12-8-11-15(18(16)22)17(21)13-9-6-7-10-14(13)19(23)24-3/h6-12,22H,4-5H2,1-3H3. The highest BCUT2D eigenvalue weighted by Crippen LogP contribution is 2.32. The van der Waals surface area contributed by atoms with Gasteiger partial charge in [-0.1, -0.05) is 24.3 Å². The summed E-state index contributed by atoms with van der Waals surface area (Å²) >= 11 is 0. The van der Waals surface area contributed by atoms with E-state index in [1.165, 1.54) is 13.2 Å². The molecule has 0 amide bonds. The third kappa shape index (κ3) is 3.25. The number of phenols is 1. The Morgan fingerprint density at radius 2 is 1.54 bits per heavy atom. The molecule has 0 radical (unpaired) electrons. The molecule has 2 aromatic rings. The van der Waals surface area contributed by atoms with E-state index in [4.69, 9.17) is 4.74 Å². The first kappa shape index (κ1) is 17.5. The van der Waals surface area contributed by atoms with Crippen LogP contribution >= 0.6 is 0 Å². The van der Waals surface area contributed by atoms with Crippen LogP contribution in [0.3, 0.4) is 0 Å². The maximum atomic E-state index is 12.9. The van der Waals surface area contributed by atoms with Crippen LogP contribution in [0.25, 0.3) is 0 Å². The second kappa shape index (κ2) is 7.64. The predicted molar refractivity (Wildman–Crippen MR) is 92.9 cm³/mol. The Morgan fingerprint density at radius 1 is 0.958 bits per heavy atom. The molecule has 0 unspecified atom stereocenters. The van der Waals surface area contributed by atoms with Crippen LogP contribution in [0.4, 0.5) is 5.69 Å². The summed E-state index contributed by atoms with van der Waals surface area (Å²) in [6.45, 7) is 5.37. The highest BCUT2D eigenvalue weighted by atomic mass is 16.5. The van der Waals surface area contributed by atoms with Crippen LogP contribution in [0.5, 0.6) is 5.75 Å². The third-order valence-electron chi connectivity index (χ3n) is 3.94. The van der Waals surface area contributed by atoms with Crippen molar-refractivity contribution < 1.29 is 19.4 Å². The zero-order valence-corrected chi connectivity index (χ0v) is 14.1. The Balaban J connectivity index is 2.52. The van der Waals surface area contributed by atoms with Crippen LogP contribution in [0, 0.1) is 0 Å². The zero-order chi connectivity index (χ0) is 17.7. The summed E-state index contributed by atoms with van der Waals surface area (Å²) in [7, 11) is 1.27. The number of carbonyl (C=O) groups is 2. The van der Waals surface area contributed by atoms with Crippen LogP contribution in [-0.4, -0.2) is 37.1 Å². The molecular formula is C19H21NO4. The van der Waals surface area contributed by atoms with Crippen molar-refractivity contribution in [1.82, 2.24) is 0 Å². The van der Waals surface area contributed by atoms with E-state index in [-0.39, 0.29) is 22.4 Å². The lowest BCUT2D eigenvalue weighted by Crippen LogP contribution is -2.22. The molecule has 0 aliphatic carbocycles. The van der Waals surface area contributed by atoms with E-state index in [0.29, 0.717) is 18.8 Å². The van der Waals surface area contributed by atoms with Crippen molar-refractivity contribution >= 4 is 17.4 Å². The van der Waals surface area contributed by atoms with Gasteiger partial charge in [0.05, 0.1) is 23.9 Å². The van der Waals surface area contributed by atoms with Crippen molar-refractivity contribution in [2.75, 3.05) is 25.1 Å². The Labute approximate surface area is 141 Å². The molecule has 24 heavy (non-hydrogen) atoms. The number of ether oxygens (including phenoxy) is 1. The molecule has 1 N–H and O–H groups in total. The highest BCUT2D eigenvalue weighted by Gasteiger charge is 2.22. The minimum Gasteiger partial charge on any atom is -0.505 e. The Hall–Kier alpha value is -2.82. The van der Waals surface area contributed by atoms with E-state index in [1.54, 1.807) is 36.4 Å². The second-order valence-electron chi connectivity index (χ2n) is 5.21. The largest absolute Gasteiger partial charge is 0.505 e. The highest BCUT2D eigenvalue weighted by molar-refractivity contribution is 6.16. The van der Waals surface area contributed by atoms with Gasteiger partial charge in [0.25, 0.3) is 0 Å². The molecule has 0 bridgehead atoms. The topological polar surface area (TPSA) is 66.8 Å². The van der Waals surface area contributed by atoms with Gasteiger partial charge in [-0.25, -0.2) is 4.79 Å². The van der Waals surface area contributed by atoms with Crippen molar-refractivity contribution in [3.8, 4) is 5.75 Å². The van der Waals surface area contributed by atoms with E-state index >= 15 is 0 Å². The number of hydrogen-bond acceptors (Lipinski definition) is 5. The van der Waals surface area contributed by atoms with Crippen molar-refractivity contribution in [2.24, 2.45) is 0 Å². The average Bonchev–Trinajstić information content (AvgIpc) is 2.62. The molecule has 126 valence electrons. The number of phenolic OH excluding ortho intramolecular Hbond substituents is 1. The fourth-order valence-electron chi connectivity index (χ4n) is 2.65. The molecule has 0 saturated heterocycles. The van der Waals surface area contributed by atoms with Gasteiger partial charge >= 0.3 is 5.97 Å². The quantitative estimate of drug-likeness (QED) is 0.651. The number of benzene rings is 2. The number of aromatic hydroxyl groups is 1. The number of ketones is 1. The fraction of sp³-hybridized carbons (Fsp3) is 0.263. The van der Waals surface area contributed by atoms with E-state index in [0.717, 1.165) is 0 Å². The minimum atomic E-state index is -0.585. The van der Waals surface area contributed by atoms with Gasteiger partial charge in [0.15, 0.2) is 5.78 Å². The van der Waals surface area contributed by atoms with Crippen molar-refractivity contribution in [3.05, 3.63) is 59.2 Å².